The zero-order valence-corrected chi connectivity index (χ0v) is 13.3. The third-order valence-corrected chi connectivity index (χ3v) is 3.39. The number of nitrogens with zero attached hydrogens (tertiary/aromatic N) is 1. The molecule has 2 aromatic rings. The molecule has 0 heterocycles. The molecule has 0 aromatic heterocycles. The van der Waals surface area contributed by atoms with Crippen molar-refractivity contribution in [2.75, 3.05) is 20.6 Å². The summed E-state index contributed by atoms with van der Waals surface area (Å²) in [4.78, 5) is 14.7. The van der Waals surface area contributed by atoms with Crippen LogP contribution in [0, 0.1) is 0 Å². The maximum atomic E-state index is 12.6. The highest BCUT2D eigenvalue weighted by Gasteiger charge is 2.21. The molecule has 0 saturated heterocycles. The topological polar surface area (TPSA) is 20.3 Å². The average Bonchev–Trinajstić information content (AvgIpc) is 2.48. The van der Waals surface area contributed by atoms with Crippen molar-refractivity contribution in [3.05, 3.63) is 71.8 Å². The minimum atomic E-state index is -0.155. The molecule has 112 valence electrons. The van der Waals surface area contributed by atoms with E-state index in [1.165, 1.54) is 0 Å². The Morgan fingerprint density at radius 3 is 1.71 bits per heavy atom. The van der Waals surface area contributed by atoms with Gasteiger partial charge < -0.3 is 4.90 Å². The van der Waals surface area contributed by atoms with Gasteiger partial charge in [0, 0.05) is 13.0 Å². The van der Waals surface area contributed by atoms with Crippen molar-refractivity contribution in [1.29, 1.82) is 0 Å². The second-order valence-electron chi connectivity index (χ2n) is 5.27. The normalized spacial score (nSPS) is 10.5. The van der Waals surface area contributed by atoms with E-state index >= 15 is 0 Å². The van der Waals surface area contributed by atoms with Gasteiger partial charge in [0.25, 0.3) is 0 Å². The molecule has 2 nitrogen and oxygen atoms in total. The molecule has 0 saturated carbocycles. The van der Waals surface area contributed by atoms with Gasteiger partial charge in [-0.2, -0.15) is 0 Å². The molecule has 2 rings (SSSR count). The first kappa shape index (κ1) is 17.4. The van der Waals surface area contributed by atoms with Crippen LogP contribution in [0.15, 0.2) is 60.7 Å². The molecule has 0 atom stereocenters. The van der Waals surface area contributed by atoms with E-state index in [0.29, 0.717) is 6.42 Å². The first-order chi connectivity index (χ1) is 9.68. The fourth-order valence-corrected chi connectivity index (χ4v) is 2.33. The summed E-state index contributed by atoms with van der Waals surface area (Å²) in [5.41, 5.74) is 2.14. The lowest BCUT2D eigenvalue weighted by Gasteiger charge is -2.18. The largest absolute Gasteiger partial charge is 0.309 e. The fraction of sp³-hybridized carbons (Fsp3) is 0.278. The van der Waals surface area contributed by atoms with Crippen LogP contribution in [-0.4, -0.2) is 31.3 Å². The highest BCUT2D eigenvalue weighted by atomic mass is 35.5. The van der Waals surface area contributed by atoms with Gasteiger partial charge in [0.15, 0.2) is 0 Å². The van der Waals surface area contributed by atoms with Crippen molar-refractivity contribution < 1.29 is 4.79 Å². The number of carbonyl (C=O) groups excluding carboxylic acids is 1. The highest BCUT2D eigenvalue weighted by molar-refractivity contribution is 5.89. The summed E-state index contributed by atoms with van der Waals surface area (Å²) in [7, 11) is 3.99. The molecule has 0 amide bonds. The lowest BCUT2D eigenvalue weighted by atomic mass is 9.86. The summed E-state index contributed by atoms with van der Waals surface area (Å²) in [6.45, 7) is 0.787. The van der Waals surface area contributed by atoms with Gasteiger partial charge >= 0.3 is 0 Å². The van der Waals surface area contributed by atoms with Crippen molar-refractivity contribution in [3.8, 4) is 0 Å². The van der Waals surface area contributed by atoms with Gasteiger partial charge in [-0.05, 0) is 25.2 Å². The number of rotatable bonds is 6. The summed E-state index contributed by atoms with van der Waals surface area (Å²) in [6, 6.07) is 20.1. The quantitative estimate of drug-likeness (QED) is 0.810. The van der Waals surface area contributed by atoms with E-state index in [0.717, 1.165) is 17.7 Å². The lowest BCUT2D eigenvalue weighted by Crippen LogP contribution is -2.21. The van der Waals surface area contributed by atoms with E-state index in [-0.39, 0.29) is 24.1 Å². The molecule has 0 aliphatic heterocycles. The Morgan fingerprint density at radius 2 is 1.33 bits per heavy atom. The molecule has 0 unspecified atom stereocenters. The minimum absolute atomic E-state index is 0. The molecule has 0 fully saturated rings. The van der Waals surface area contributed by atoms with E-state index in [2.05, 4.69) is 0 Å². The van der Waals surface area contributed by atoms with E-state index in [1.807, 2.05) is 79.7 Å². The Bertz CT molecular complexity index is 500. The third-order valence-electron chi connectivity index (χ3n) is 3.39. The van der Waals surface area contributed by atoms with Gasteiger partial charge in [0.1, 0.15) is 5.78 Å². The number of Topliss-reactive ketones (excluding diaryl/α,β-unsaturated/α-hetero) is 1. The molecule has 0 spiro atoms. The van der Waals surface area contributed by atoms with Crippen molar-refractivity contribution in [2.45, 2.75) is 12.3 Å². The van der Waals surface area contributed by atoms with Gasteiger partial charge in [0.05, 0.1) is 5.92 Å². The van der Waals surface area contributed by atoms with Crippen LogP contribution in [0.5, 0.6) is 0 Å². The van der Waals surface area contributed by atoms with Gasteiger partial charge in [-0.15, -0.1) is 12.4 Å². The molecular formula is C18H22ClNO. The second kappa shape index (κ2) is 8.60. The maximum absolute atomic E-state index is 12.6. The van der Waals surface area contributed by atoms with Crippen molar-refractivity contribution in [1.82, 2.24) is 4.90 Å². The Kier molecular flexibility index (Phi) is 7.13. The second-order valence-corrected chi connectivity index (χ2v) is 5.27. The summed E-state index contributed by atoms with van der Waals surface area (Å²) >= 11 is 0. The monoisotopic (exact) mass is 303 g/mol. The standard InChI is InChI=1S/C18H21NO.ClH/c1-19(2)14-13-17(20)18(15-9-5-3-6-10-15)16-11-7-4-8-12-16;/h3-12,18H,13-14H2,1-2H3;1H. The van der Waals surface area contributed by atoms with Gasteiger partial charge in [-0.25, -0.2) is 0 Å². The van der Waals surface area contributed by atoms with Crippen LogP contribution in [0.3, 0.4) is 0 Å². The Morgan fingerprint density at radius 1 is 0.905 bits per heavy atom. The van der Waals surface area contributed by atoms with Crippen LogP contribution >= 0.6 is 12.4 Å². The number of hydrogen-bond acceptors (Lipinski definition) is 2. The summed E-state index contributed by atoms with van der Waals surface area (Å²) < 4.78 is 0. The van der Waals surface area contributed by atoms with Crippen LogP contribution in [0.2, 0.25) is 0 Å². The van der Waals surface area contributed by atoms with Crippen LogP contribution in [0.4, 0.5) is 0 Å². The van der Waals surface area contributed by atoms with E-state index < -0.39 is 0 Å². The van der Waals surface area contributed by atoms with E-state index in [9.17, 15) is 4.79 Å². The molecule has 0 radical (unpaired) electrons. The first-order valence-corrected chi connectivity index (χ1v) is 6.96. The molecule has 0 N–H and O–H groups in total. The summed E-state index contributed by atoms with van der Waals surface area (Å²) in [6.07, 6.45) is 0.571. The maximum Gasteiger partial charge on any atom is 0.146 e. The molecule has 2 aromatic carbocycles. The van der Waals surface area contributed by atoms with E-state index in [4.69, 9.17) is 0 Å². The lowest BCUT2D eigenvalue weighted by molar-refractivity contribution is -0.119. The minimum Gasteiger partial charge on any atom is -0.309 e. The third kappa shape index (κ3) is 5.00. The number of hydrogen-bond donors (Lipinski definition) is 0. The van der Waals surface area contributed by atoms with Crippen molar-refractivity contribution in [3.63, 3.8) is 0 Å². The summed E-state index contributed by atoms with van der Waals surface area (Å²) in [5.74, 6) is 0.119. The zero-order valence-electron chi connectivity index (χ0n) is 12.5. The first-order valence-electron chi connectivity index (χ1n) is 6.96. The number of ketones is 1. The zero-order chi connectivity index (χ0) is 14.4. The van der Waals surface area contributed by atoms with Crippen LogP contribution in [0.1, 0.15) is 23.5 Å². The van der Waals surface area contributed by atoms with Gasteiger partial charge in [0.2, 0.25) is 0 Å². The predicted molar refractivity (Wildman–Crippen MR) is 90.2 cm³/mol. The Labute approximate surface area is 133 Å². The van der Waals surface area contributed by atoms with Crippen LogP contribution < -0.4 is 0 Å². The molecule has 0 bridgehead atoms. The molecule has 0 aliphatic rings. The molecule has 21 heavy (non-hydrogen) atoms. The van der Waals surface area contributed by atoms with Crippen molar-refractivity contribution >= 4 is 18.2 Å². The van der Waals surface area contributed by atoms with Gasteiger partial charge in [-0.1, -0.05) is 60.7 Å². The van der Waals surface area contributed by atoms with Crippen molar-refractivity contribution in [2.24, 2.45) is 0 Å². The Hall–Kier alpha value is -1.64. The summed E-state index contributed by atoms with van der Waals surface area (Å²) in [5, 5.41) is 0. The number of halogens is 1. The smallest absolute Gasteiger partial charge is 0.146 e. The molecular weight excluding hydrogens is 282 g/mol. The molecule has 3 heteroatoms. The molecule has 0 aliphatic carbocycles. The SMILES string of the molecule is CN(C)CCC(=O)C(c1ccccc1)c1ccccc1.Cl. The predicted octanol–water partition coefficient (Wildman–Crippen LogP) is 3.76. The van der Waals surface area contributed by atoms with Crippen LogP contribution in [0.25, 0.3) is 0 Å². The average molecular weight is 304 g/mol. The van der Waals surface area contributed by atoms with Crippen LogP contribution in [-0.2, 0) is 4.79 Å². The highest BCUT2D eigenvalue weighted by Crippen LogP contribution is 2.26. The fourth-order valence-electron chi connectivity index (χ4n) is 2.33. The number of benzene rings is 2. The van der Waals surface area contributed by atoms with E-state index in [1.54, 1.807) is 0 Å². The van der Waals surface area contributed by atoms with Gasteiger partial charge in [-0.3, -0.25) is 4.79 Å². The number of carbonyl (C=O) groups is 1. The Balaban J connectivity index is 0.00000220.